The van der Waals surface area contributed by atoms with Crippen LogP contribution in [0.1, 0.15) is 75.9 Å². The van der Waals surface area contributed by atoms with Crippen LogP contribution in [-0.2, 0) is 6.54 Å². The second kappa shape index (κ2) is 7.06. The van der Waals surface area contributed by atoms with Gasteiger partial charge in [-0.1, -0.05) is 33.6 Å². The summed E-state index contributed by atoms with van der Waals surface area (Å²) in [5.41, 5.74) is 4.04. The second-order valence-corrected chi connectivity index (χ2v) is 6.09. The summed E-state index contributed by atoms with van der Waals surface area (Å²) in [4.78, 5) is 9.14. The second-order valence-electron chi connectivity index (χ2n) is 6.09. The van der Waals surface area contributed by atoms with Crippen molar-refractivity contribution < 1.29 is 0 Å². The molecule has 0 saturated carbocycles. The van der Waals surface area contributed by atoms with Crippen molar-refractivity contribution in [3.63, 3.8) is 0 Å². The highest BCUT2D eigenvalue weighted by Gasteiger charge is 2.22. The van der Waals surface area contributed by atoms with Gasteiger partial charge in [0, 0.05) is 23.8 Å². The van der Waals surface area contributed by atoms with Crippen LogP contribution in [0, 0.1) is 13.8 Å². The number of rotatable bonds is 7. The van der Waals surface area contributed by atoms with Gasteiger partial charge in [-0.05, 0) is 44.6 Å². The maximum Gasteiger partial charge on any atom is 0.144 e. The summed E-state index contributed by atoms with van der Waals surface area (Å²) < 4.78 is 2.47. The highest BCUT2D eigenvalue weighted by molar-refractivity contribution is 5.81. The van der Waals surface area contributed by atoms with Crippen LogP contribution in [0.2, 0.25) is 0 Å². The fourth-order valence-corrected chi connectivity index (χ4v) is 3.47. The minimum Gasteiger partial charge on any atom is -0.329 e. The lowest BCUT2D eigenvalue weighted by atomic mass is 9.92. The van der Waals surface area contributed by atoms with Crippen molar-refractivity contribution in [1.29, 1.82) is 0 Å². The predicted molar refractivity (Wildman–Crippen MR) is 89.9 cm³/mol. The van der Waals surface area contributed by atoms with Crippen LogP contribution in [0.4, 0.5) is 0 Å². The molecule has 0 aliphatic rings. The van der Waals surface area contributed by atoms with Crippen LogP contribution < -0.4 is 0 Å². The number of aryl methyl sites for hydroxylation is 3. The van der Waals surface area contributed by atoms with E-state index < -0.39 is 0 Å². The summed E-state index contributed by atoms with van der Waals surface area (Å²) in [6.45, 7) is 12.1. The molecule has 3 nitrogen and oxygen atoms in total. The SMILES string of the molecule is CCCC(CCC)c1c(C)c2cnc(C)nc2n1CCC. The van der Waals surface area contributed by atoms with E-state index in [2.05, 4.69) is 37.2 Å². The average Bonchev–Trinajstić information content (AvgIpc) is 2.72. The molecular weight excluding hydrogens is 258 g/mol. The molecule has 0 amide bonds. The van der Waals surface area contributed by atoms with Crippen LogP contribution in [0.15, 0.2) is 6.20 Å². The van der Waals surface area contributed by atoms with E-state index in [0.29, 0.717) is 5.92 Å². The molecule has 0 saturated heterocycles. The number of aromatic nitrogens is 3. The zero-order valence-electron chi connectivity index (χ0n) is 14.2. The summed E-state index contributed by atoms with van der Waals surface area (Å²) in [6, 6.07) is 0. The van der Waals surface area contributed by atoms with Crippen LogP contribution in [0.5, 0.6) is 0 Å². The van der Waals surface area contributed by atoms with Gasteiger partial charge in [-0.15, -0.1) is 0 Å². The highest BCUT2D eigenvalue weighted by atomic mass is 15.1. The predicted octanol–water partition coefficient (Wildman–Crippen LogP) is 5.14. The van der Waals surface area contributed by atoms with Crippen LogP contribution in [0.25, 0.3) is 11.0 Å². The third-order valence-electron chi connectivity index (χ3n) is 4.33. The van der Waals surface area contributed by atoms with Gasteiger partial charge in [0.1, 0.15) is 11.5 Å². The van der Waals surface area contributed by atoms with Crippen molar-refractivity contribution in [3.8, 4) is 0 Å². The molecule has 21 heavy (non-hydrogen) atoms. The molecule has 0 fully saturated rings. The quantitative estimate of drug-likeness (QED) is 0.705. The number of hydrogen-bond donors (Lipinski definition) is 0. The van der Waals surface area contributed by atoms with Crippen molar-refractivity contribution in [1.82, 2.24) is 14.5 Å². The monoisotopic (exact) mass is 287 g/mol. The van der Waals surface area contributed by atoms with Crippen LogP contribution in [0.3, 0.4) is 0 Å². The van der Waals surface area contributed by atoms with Crippen molar-refractivity contribution in [2.75, 3.05) is 0 Å². The molecule has 0 aliphatic carbocycles. The minimum atomic E-state index is 0.654. The average molecular weight is 287 g/mol. The van der Waals surface area contributed by atoms with Gasteiger partial charge >= 0.3 is 0 Å². The highest BCUT2D eigenvalue weighted by Crippen LogP contribution is 2.34. The Morgan fingerprint density at radius 2 is 1.71 bits per heavy atom. The maximum atomic E-state index is 4.73. The van der Waals surface area contributed by atoms with Crippen LogP contribution in [-0.4, -0.2) is 14.5 Å². The molecule has 3 heteroatoms. The van der Waals surface area contributed by atoms with Gasteiger partial charge in [-0.25, -0.2) is 9.97 Å². The molecule has 2 aromatic heterocycles. The van der Waals surface area contributed by atoms with E-state index >= 15 is 0 Å². The number of nitrogens with zero attached hydrogens (tertiary/aromatic N) is 3. The van der Waals surface area contributed by atoms with Crippen molar-refractivity contribution >= 4 is 11.0 Å². The molecule has 0 aliphatic heterocycles. The fraction of sp³-hybridized carbons (Fsp3) is 0.667. The summed E-state index contributed by atoms with van der Waals surface area (Å²) in [5.74, 6) is 1.52. The van der Waals surface area contributed by atoms with Crippen molar-refractivity contribution in [2.24, 2.45) is 0 Å². The maximum absolute atomic E-state index is 4.73. The Morgan fingerprint density at radius 3 is 2.29 bits per heavy atom. The summed E-state index contributed by atoms with van der Waals surface area (Å²) in [5, 5.41) is 1.24. The Bertz CT molecular complexity index is 592. The third-order valence-corrected chi connectivity index (χ3v) is 4.33. The van der Waals surface area contributed by atoms with E-state index in [0.717, 1.165) is 24.4 Å². The Kier molecular flexibility index (Phi) is 5.38. The fourth-order valence-electron chi connectivity index (χ4n) is 3.47. The molecule has 0 aromatic carbocycles. The standard InChI is InChI=1S/C18H29N3/c1-6-9-15(10-7-2)17-13(4)16-12-19-14(5)20-18(16)21(17)11-8-3/h12,15H,6-11H2,1-5H3. The lowest BCUT2D eigenvalue weighted by Crippen LogP contribution is -2.10. The van der Waals surface area contributed by atoms with Gasteiger partial charge in [0.15, 0.2) is 0 Å². The van der Waals surface area contributed by atoms with Crippen LogP contribution >= 0.6 is 0 Å². The molecule has 0 unspecified atom stereocenters. The topological polar surface area (TPSA) is 30.7 Å². The summed E-state index contributed by atoms with van der Waals surface area (Å²) >= 11 is 0. The molecule has 0 N–H and O–H groups in total. The van der Waals surface area contributed by atoms with Gasteiger partial charge in [0.25, 0.3) is 0 Å². The van der Waals surface area contributed by atoms with E-state index in [1.807, 2.05) is 13.1 Å². The molecule has 0 bridgehead atoms. The third kappa shape index (κ3) is 3.12. The van der Waals surface area contributed by atoms with Gasteiger partial charge in [-0.3, -0.25) is 0 Å². The summed E-state index contributed by atoms with van der Waals surface area (Å²) in [6.07, 6.45) is 8.16. The van der Waals surface area contributed by atoms with Crippen molar-refractivity contribution in [3.05, 3.63) is 23.3 Å². The zero-order chi connectivity index (χ0) is 15.4. The number of hydrogen-bond acceptors (Lipinski definition) is 2. The molecule has 0 atom stereocenters. The Balaban J connectivity index is 2.64. The largest absolute Gasteiger partial charge is 0.329 e. The molecule has 0 spiro atoms. The molecule has 2 rings (SSSR count). The molecule has 2 heterocycles. The molecule has 2 aromatic rings. The lowest BCUT2D eigenvalue weighted by Gasteiger charge is -2.20. The smallest absolute Gasteiger partial charge is 0.144 e. The first-order valence-corrected chi connectivity index (χ1v) is 8.46. The van der Waals surface area contributed by atoms with Gasteiger partial charge in [0.2, 0.25) is 0 Å². The van der Waals surface area contributed by atoms with E-state index in [1.165, 1.54) is 42.3 Å². The molecule has 0 radical (unpaired) electrons. The van der Waals surface area contributed by atoms with E-state index in [-0.39, 0.29) is 0 Å². The Hall–Kier alpha value is -1.38. The van der Waals surface area contributed by atoms with Crippen molar-refractivity contribution in [2.45, 2.75) is 79.2 Å². The normalized spacial score (nSPS) is 11.7. The first-order chi connectivity index (χ1) is 10.1. The van der Waals surface area contributed by atoms with E-state index in [4.69, 9.17) is 4.98 Å². The Morgan fingerprint density at radius 1 is 1.05 bits per heavy atom. The van der Waals surface area contributed by atoms with E-state index in [9.17, 15) is 0 Å². The molecular formula is C18H29N3. The van der Waals surface area contributed by atoms with Gasteiger partial charge < -0.3 is 4.57 Å². The Labute approximate surface area is 128 Å². The zero-order valence-corrected chi connectivity index (χ0v) is 14.2. The van der Waals surface area contributed by atoms with E-state index in [1.54, 1.807) is 0 Å². The summed E-state index contributed by atoms with van der Waals surface area (Å²) in [7, 11) is 0. The first-order valence-electron chi connectivity index (χ1n) is 8.46. The first kappa shape index (κ1) is 16.0. The number of fused-ring (bicyclic) bond motifs is 1. The molecule has 116 valence electrons. The lowest BCUT2D eigenvalue weighted by molar-refractivity contribution is 0.513. The van der Waals surface area contributed by atoms with Gasteiger partial charge in [-0.2, -0.15) is 0 Å². The minimum absolute atomic E-state index is 0.654. The van der Waals surface area contributed by atoms with Gasteiger partial charge in [0.05, 0.1) is 0 Å².